The number of carbonyl (C=O) groups is 1. The Kier molecular flexibility index (Phi) is 2.65. The second-order valence-electron chi connectivity index (χ2n) is 2.43. The quantitative estimate of drug-likeness (QED) is 0.458. The standard InChI is InChI=1S/C9H11O3/c1-8(10)12-9(11-2)6-4-3-5-7-9/h3-7H,1-2H3. The fourth-order valence-electron chi connectivity index (χ4n) is 0.969. The van der Waals surface area contributed by atoms with Gasteiger partial charge in [0.15, 0.2) is 0 Å². The average molecular weight is 167 g/mol. The van der Waals surface area contributed by atoms with Crippen LogP contribution in [0.2, 0.25) is 0 Å². The molecule has 0 heterocycles. The van der Waals surface area contributed by atoms with Gasteiger partial charge in [0.25, 0.3) is 5.79 Å². The molecular weight excluding hydrogens is 156 g/mol. The lowest BCUT2D eigenvalue weighted by Gasteiger charge is -2.26. The number of carbonyl (C=O) groups excluding carboxylic acids is 1. The summed E-state index contributed by atoms with van der Waals surface area (Å²) in [6.07, 6.45) is 8.72. The summed E-state index contributed by atoms with van der Waals surface area (Å²) in [4.78, 5) is 10.7. The number of esters is 1. The van der Waals surface area contributed by atoms with Crippen LogP contribution in [0.1, 0.15) is 6.92 Å². The Morgan fingerprint density at radius 1 is 1.33 bits per heavy atom. The van der Waals surface area contributed by atoms with Crippen LogP contribution < -0.4 is 0 Å². The van der Waals surface area contributed by atoms with Crippen molar-refractivity contribution in [2.24, 2.45) is 0 Å². The molecule has 12 heavy (non-hydrogen) atoms. The summed E-state index contributed by atoms with van der Waals surface area (Å²) < 4.78 is 10.0. The summed E-state index contributed by atoms with van der Waals surface area (Å²) in [5, 5.41) is 0. The van der Waals surface area contributed by atoms with Gasteiger partial charge in [-0.3, -0.25) is 4.79 Å². The second-order valence-corrected chi connectivity index (χ2v) is 2.43. The van der Waals surface area contributed by atoms with Gasteiger partial charge in [0, 0.05) is 20.5 Å². The monoisotopic (exact) mass is 167 g/mol. The van der Waals surface area contributed by atoms with Gasteiger partial charge < -0.3 is 9.47 Å². The van der Waals surface area contributed by atoms with E-state index in [1.165, 1.54) is 14.0 Å². The van der Waals surface area contributed by atoms with Gasteiger partial charge in [0.05, 0.1) is 0 Å². The Hall–Kier alpha value is -1.09. The van der Waals surface area contributed by atoms with Crippen molar-refractivity contribution in [1.29, 1.82) is 0 Å². The molecule has 0 aromatic heterocycles. The molecule has 65 valence electrons. The van der Waals surface area contributed by atoms with Gasteiger partial charge in [-0.25, -0.2) is 0 Å². The van der Waals surface area contributed by atoms with E-state index in [1.54, 1.807) is 24.3 Å². The maximum Gasteiger partial charge on any atom is 0.305 e. The van der Waals surface area contributed by atoms with E-state index in [2.05, 4.69) is 0 Å². The first-order chi connectivity index (χ1) is 5.68. The summed E-state index contributed by atoms with van der Waals surface area (Å²) in [5.41, 5.74) is 0. The molecule has 1 aliphatic rings. The second kappa shape index (κ2) is 3.54. The van der Waals surface area contributed by atoms with E-state index < -0.39 is 5.79 Å². The molecule has 0 saturated carbocycles. The summed E-state index contributed by atoms with van der Waals surface area (Å²) in [6.45, 7) is 1.35. The third-order valence-electron chi connectivity index (χ3n) is 1.50. The first-order valence-electron chi connectivity index (χ1n) is 3.64. The number of rotatable bonds is 2. The molecule has 0 aromatic rings. The Morgan fingerprint density at radius 2 is 1.92 bits per heavy atom. The highest BCUT2D eigenvalue weighted by Gasteiger charge is 2.27. The predicted octanol–water partition coefficient (Wildman–Crippen LogP) is 1.22. The zero-order chi connectivity index (χ0) is 9.03. The van der Waals surface area contributed by atoms with Crippen LogP contribution in [0.15, 0.2) is 24.3 Å². The van der Waals surface area contributed by atoms with Crippen LogP contribution >= 0.6 is 0 Å². The van der Waals surface area contributed by atoms with Crippen molar-refractivity contribution >= 4 is 5.97 Å². The normalized spacial score (nSPS) is 19.2. The topological polar surface area (TPSA) is 35.5 Å². The minimum Gasteiger partial charge on any atom is -0.426 e. The molecule has 0 bridgehead atoms. The molecule has 1 rings (SSSR count). The van der Waals surface area contributed by atoms with Gasteiger partial charge >= 0.3 is 5.97 Å². The van der Waals surface area contributed by atoms with Crippen molar-refractivity contribution in [2.75, 3.05) is 7.11 Å². The highest BCUT2D eigenvalue weighted by atomic mass is 16.7. The number of ether oxygens (including phenoxy) is 2. The molecule has 3 heteroatoms. The van der Waals surface area contributed by atoms with Gasteiger partial charge in [-0.15, -0.1) is 0 Å². The van der Waals surface area contributed by atoms with Crippen LogP contribution in [-0.2, 0) is 14.3 Å². The molecule has 0 unspecified atom stereocenters. The lowest BCUT2D eigenvalue weighted by Crippen LogP contribution is -2.33. The minimum absolute atomic E-state index is 0.368. The fourth-order valence-corrected chi connectivity index (χ4v) is 0.969. The largest absolute Gasteiger partial charge is 0.426 e. The van der Waals surface area contributed by atoms with Crippen LogP contribution in [0, 0.1) is 6.42 Å². The fraction of sp³-hybridized carbons (Fsp3) is 0.333. The van der Waals surface area contributed by atoms with E-state index in [9.17, 15) is 4.79 Å². The number of allylic oxidation sites excluding steroid dienone is 2. The van der Waals surface area contributed by atoms with Crippen molar-refractivity contribution in [1.82, 2.24) is 0 Å². The van der Waals surface area contributed by atoms with Crippen LogP contribution in [0.25, 0.3) is 0 Å². The van der Waals surface area contributed by atoms with Crippen LogP contribution in [-0.4, -0.2) is 18.9 Å². The van der Waals surface area contributed by atoms with Crippen molar-refractivity contribution in [3.05, 3.63) is 30.7 Å². The first-order valence-corrected chi connectivity index (χ1v) is 3.64. The maximum absolute atomic E-state index is 10.7. The zero-order valence-corrected chi connectivity index (χ0v) is 7.11. The molecule has 0 saturated heterocycles. The maximum atomic E-state index is 10.7. The van der Waals surface area contributed by atoms with E-state index in [4.69, 9.17) is 9.47 Å². The van der Waals surface area contributed by atoms with E-state index in [0.717, 1.165) is 0 Å². The van der Waals surface area contributed by atoms with E-state index in [0.29, 0.717) is 0 Å². The van der Waals surface area contributed by atoms with Crippen LogP contribution in [0.3, 0.4) is 0 Å². The van der Waals surface area contributed by atoms with Gasteiger partial charge in [-0.2, -0.15) is 0 Å². The summed E-state index contributed by atoms with van der Waals surface area (Å²) in [6, 6.07) is 0. The summed E-state index contributed by atoms with van der Waals surface area (Å²) in [7, 11) is 1.49. The van der Waals surface area contributed by atoms with Gasteiger partial charge in [-0.05, 0) is 12.2 Å². The lowest BCUT2D eigenvalue weighted by molar-refractivity contribution is -0.182. The van der Waals surface area contributed by atoms with E-state index in [1.807, 2.05) is 6.42 Å². The van der Waals surface area contributed by atoms with Gasteiger partial charge in [0.1, 0.15) is 0 Å². The number of hydrogen-bond acceptors (Lipinski definition) is 3. The Labute approximate surface area is 71.7 Å². The zero-order valence-electron chi connectivity index (χ0n) is 7.11. The van der Waals surface area contributed by atoms with Crippen molar-refractivity contribution < 1.29 is 14.3 Å². The average Bonchev–Trinajstić information content (AvgIpc) is 2.05. The van der Waals surface area contributed by atoms with Crippen molar-refractivity contribution in [3.8, 4) is 0 Å². The Balaban J connectivity index is 2.74. The van der Waals surface area contributed by atoms with Crippen molar-refractivity contribution in [3.63, 3.8) is 0 Å². The predicted molar refractivity (Wildman–Crippen MR) is 44.1 cm³/mol. The highest BCUT2D eigenvalue weighted by molar-refractivity contribution is 5.67. The van der Waals surface area contributed by atoms with Crippen molar-refractivity contribution in [2.45, 2.75) is 12.7 Å². The van der Waals surface area contributed by atoms with Gasteiger partial charge in [0.2, 0.25) is 0 Å². The number of hydrogen-bond donors (Lipinski definition) is 0. The van der Waals surface area contributed by atoms with E-state index in [-0.39, 0.29) is 5.97 Å². The van der Waals surface area contributed by atoms with Gasteiger partial charge in [-0.1, -0.05) is 12.2 Å². The third kappa shape index (κ3) is 1.95. The Morgan fingerprint density at radius 3 is 2.33 bits per heavy atom. The lowest BCUT2D eigenvalue weighted by atomic mass is 10.1. The molecule has 0 fully saturated rings. The highest BCUT2D eigenvalue weighted by Crippen LogP contribution is 2.20. The van der Waals surface area contributed by atoms with Crippen LogP contribution in [0.4, 0.5) is 0 Å². The summed E-state index contributed by atoms with van der Waals surface area (Å²) >= 11 is 0. The molecule has 0 aromatic carbocycles. The van der Waals surface area contributed by atoms with E-state index >= 15 is 0 Å². The molecule has 0 amide bonds. The SMILES string of the molecule is COC1(OC(C)=O)C=C[CH]C=C1. The molecule has 3 nitrogen and oxygen atoms in total. The third-order valence-corrected chi connectivity index (χ3v) is 1.50. The molecule has 1 radical (unpaired) electrons. The first kappa shape index (κ1) is 9.00. The molecule has 0 spiro atoms. The Bertz CT molecular complexity index is 216. The number of methoxy groups -OCH3 is 1. The smallest absolute Gasteiger partial charge is 0.305 e. The molecule has 1 aliphatic carbocycles. The minimum atomic E-state index is -0.999. The summed E-state index contributed by atoms with van der Waals surface area (Å²) in [5.74, 6) is -1.37. The van der Waals surface area contributed by atoms with Crippen LogP contribution in [0.5, 0.6) is 0 Å². The molecule has 0 atom stereocenters. The molecule has 0 N–H and O–H groups in total. The molecule has 0 aliphatic heterocycles. The molecular formula is C9H11O3.